The standard InChI is InChI=1S/C13H16O3S/c1-11(8-9-14)12(2)10-17(15,16)13-6-4-3-5-7-13/h3-8,10,14H,9H2,1-2H3/b11-8+,12-10+. The molecule has 0 spiro atoms. The van der Waals surface area contributed by atoms with Gasteiger partial charge in [0.1, 0.15) is 0 Å². The van der Waals surface area contributed by atoms with Gasteiger partial charge in [0.2, 0.25) is 0 Å². The Hall–Kier alpha value is -1.39. The predicted octanol–water partition coefficient (Wildman–Crippen LogP) is 2.30. The minimum atomic E-state index is -3.41. The molecule has 0 aromatic heterocycles. The summed E-state index contributed by atoms with van der Waals surface area (Å²) >= 11 is 0. The molecule has 0 saturated carbocycles. The number of benzene rings is 1. The van der Waals surface area contributed by atoms with Gasteiger partial charge < -0.3 is 5.11 Å². The van der Waals surface area contributed by atoms with Gasteiger partial charge in [0.25, 0.3) is 0 Å². The van der Waals surface area contributed by atoms with Crippen LogP contribution in [0.1, 0.15) is 13.8 Å². The third-order valence-corrected chi connectivity index (χ3v) is 4.02. The Morgan fingerprint density at radius 1 is 1.18 bits per heavy atom. The number of hydrogen-bond acceptors (Lipinski definition) is 3. The van der Waals surface area contributed by atoms with Crippen LogP contribution in [-0.4, -0.2) is 20.1 Å². The van der Waals surface area contributed by atoms with E-state index >= 15 is 0 Å². The zero-order valence-corrected chi connectivity index (χ0v) is 10.7. The third kappa shape index (κ3) is 3.84. The second-order valence-corrected chi connectivity index (χ2v) is 5.53. The van der Waals surface area contributed by atoms with Crippen LogP contribution in [0.25, 0.3) is 0 Å². The zero-order valence-electron chi connectivity index (χ0n) is 9.92. The summed E-state index contributed by atoms with van der Waals surface area (Å²) in [7, 11) is -3.41. The second-order valence-electron chi connectivity index (χ2n) is 3.73. The molecule has 1 aromatic carbocycles. The summed E-state index contributed by atoms with van der Waals surface area (Å²) in [5.41, 5.74) is 1.38. The molecule has 0 aliphatic heterocycles. The highest BCUT2D eigenvalue weighted by Gasteiger charge is 2.10. The summed E-state index contributed by atoms with van der Waals surface area (Å²) < 4.78 is 24.0. The first-order chi connectivity index (χ1) is 7.97. The normalized spacial score (nSPS) is 13.8. The molecule has 17 heavy (non-hydrogen) atoms. The molecule has 0 atom stereocenters. The summed E-state index contributed by atoms with van der Waals surface area (Å²) in [6, 6.07) is 8.26. The number of aliphatic hydroxyl groups excluding tert-OH is 1. The van der Waals surface area contributed by atoms with Crippen LogP contribution in [-0.2, 0) is 9.84 Å². The number of sulfone groups is 1. The van der Waals surface area contributed by atoms with Crippen LogP contribution < -0.4 is 0 Å². The maximum atomic E-state index is 12.0. The molecule has 0 saturated heterocycles. The molecule has 1 rings (SSSR count). The van der Waals surface area contributed by atoms with Crippen LogP contribution in [0.3, 0.4) is 0 Å². The van der Waals surface area contributed by atoms with Crippen molar-refractivity contribution in [2.45, 2.75) is 18.7 Å². The van der Waals surface area contributed by atoms with Crippen molar-refractivity contribution in [2.24, 2.45) is 0 Å². The molecule has 0 aliphatic rings. The van der Waals surface area contributed by atoms with Crippen LogP contribution in [0.5, 0.6) is 0 Å². The third-order valence-electron chi connectivity index (χ3n) is 2.42. The number of allylic oxidation sites excluding steroid dienone is 2. The monoisotopic (exact) mass is 252 g/mol. The second kappa shape index (κ2) is 5.80. The van der Waals surface area contributed by atoms with E-state index in [9.17, 15) is 8.42 Å². The first-order valence-corrected chi connectivity index (χ1v) is 6.78. The minimum absolute atomic E-state index is 0.0948. The summed E-state index contributed by atoms with van der Waals surface area (Å²) in [5.74, 6) is 0. The fourth-order valence-corrected chi connectivity index (χ4v) is 2.63. The van der Waals surface area contributed by atoms with E-state index in [1.807, 2.05) is 0 Å². The highest BCUT2D eigenvalue weighted by molar-refractivity contribution is 7.94. The van der Waals surface area contributed by atoms with Gasteiger partial charge >= 0.3 is 0 Å². The number of aliphatic hydroxyl groups is 1. The highest BCUT2D eigenvalue weighted by Crippen LogP contribution is 2.16. The molecule has 4 heteroatoms. The maximum Gasteiger partial charge on any atom is 0.200 e. The lowest BCUT2D eigenvalue weighted by Gasteiger charge is -2.03. The molecule has 3 nitrogen and oxygen atoms in total. The lowest BCUT2D eigenvalue weighted by molar-refractivity contribution is 0.342. The Bertz CT molecular complexity index is 525. The molecule has 0 heterocycles. The number of rotatable bonds is 4. The van der Waals surface area contributed by atoms with Crippen LogP contribution >= 0.6 is 0 Å². The van der Waals surface area contributed by atoms with E-state index in [0.717, 1.165) is 5.57 Å². The predicted molar refractivity (Wildman–Crippen MR) is 68.2 cm³/mol. The van der Waals surface area contributed by atoms with Crippen molar-refractivity contribution in [3.05, 3.63) is 53.0 Å². The Morgan fingerprint density at radius 2 is 1.76 bits per heavy atom. The van der Waals surface area contributed by atoms with Gasteiger partial charge in [0.15, 0.2) is 9.84 Å². The topological polar surface area (TPSA) is 54.4 Å². The largest absolute Gasteiger partial charge is 0.392 e. The van der Waals surface area contributed by atoms with E-state index in [2.05, 4.69) is 0 Å². The van der Waals surface area contributed by atoms with Crippen molar-refractivity contribution in [3.8, 4) is 0 Å². The van der Waals surface area contributed by atoms with E-state index in [0.29, 0.717) is 5.57 Å². The van der Waals surface area contributed by atoms with Crippen molar-refractivity contribution >= 4 is 9.84 Å². The molecule has 1 aromatic rings. The lowest BCUT2D eigenvalue weighted by Crippen LogP contribution is -1.98. The van der Waals surface area contributed by atoms with E-state index < -0.39 is 9.84 Å². The maximum absolute atomic E-state index is 12.0. The molecular formula is C13H16O3S. The quantitative estimate of drug-likeness (QED) is 0.837. The first kappa shape index (κ1) is 13.7. The minimum Gasteiger partial charge on any atom is -0.392 e. The Balaban J connectivity index is 3.10. The molecule has 0 bridgehead atoms. The van der Waals surface area contributed by atoms with Crippen molar-refractivity contribution in [2.75, 3.05) is 6.61 Å². The van der Waals surface area contributed by atoms with Crippen LogP contribution in [0.4, 0.5) is 0 Å². The van der Waals surface area contributed by atoms with Gasteiger partial charge in [-0.1, -0.05) is 24.3 Å². The molecule has 92 valence electrons. The Morgan fingerprint density at radius 3 is 2.29 bits per heavy atom. The lowest BCUT2D eigenvalue weighted by atomic mass is 10.1. The fraction of sp³-hybridized carbons (Fsp3) is 0.231. The average Bonchev–Trinajstić information content (AvgIpc) is 2.30. The van der Waals surface area contributed by atoms with Gasteiger partial charge in [0, 0.05) is 5.41 Å². The van der Waals surface area contributed by atoms with E-state index in [-0.39, 0.29) is 11.5 Å². The Kier molecular flexibility index (Phi) is 4.66. The average molecular weight is 252 g/mol. The van der Waals surface area contributed by atoms with Gasteiger partial charge in [-0.25, -0.2) is 8.42 Å². The fourth-order valence-electron chi connectivity index (χ4n) is 1.30. The van der Waals surface area contributed by atoms with Gasteiger partial charge in [-0.15, -0.1) is 0 Å². The van der Waals surface area contributed by atoms with Gasteiger partial charge in [0.05, 0.1) is 11.5 Å². The van der Waals surface area contributed by atoms with Crippen molar-refractivity contribution in [1.82, 2.24) is 0 Å². The molecule has 0 amide bonds. The molecule has 0 fully saturated rings. The van der Waals surface area contributed by atoms with Gasteiger partial charge in [-0.3, -0.25) is 0 Å². The first-order valence-electron chi connectivity index (χ1n) is 5.24. The van der Waals surface area contributed by atoms with Crippen LogP contribution in [0.2, 0.25) is 0 Å². The van der Waals surface area contributed by atoms with Crippen LogP contribution in [0, 0.1) is 0 Å². The van der Waals surface area contributed by atoms with Crippen molar-refractivity contribution < 1.29 is 13.5 Å². The smallest absolute Gasteiger partial charge is 0.200 e. The summed E-state index contributed by atoms with van der Waals surface area (Å²) in [4.78, 5) is 0.274. The van der Waals surface area contributed by atoms with E-state index in [4.69, 9.17) is 5.11 Å². The van der Waals surface area contributed by atoms with Crippen LogP contribution in [0.15, 0.2) is 57.9 Å². The number of hydrogen-bond donors (Lipinski definition) is 1. The Labute approximate surface area is 102 Å². The zero-order chi connectivity index (χ0) is 12.9. The molecular weight excluding hydrogens is 236 g/mol. The summed E-state index contributed by atoms with van der Waals surface area (Å²) in [6.45, 7) is 3.38. The summed E-state index contributed by atoms with van der Waals surface area (Å²) in [6.07, 6.45) is 1.58. The SMILES string of the molecule is CC(=C\CO)/C(C)=C/S(=O)(=O)c1ccccc1. The summed E-state index contributed by atoms with van der Waals surface area (Å²) in [5, 5.41) is 9.97. The van der Waals surface area contributed by atoms with Gasteiger partial charge in [-0.05, 0) is 37.1 Å². The molecule has 1 N–H and O–H groups in total. The molecule has 0 radical (unpaired) electrons. The molecule has 0 aliphatic carbocycles. The highest BCUT2D eigenvalue weighted by atomic mass is 32.2. The van der Waals surface area contributed by atoms with Crippen molar-refractivity contribution in [1.29, 1.82) is 0 Å². The van der Waals surface area contributed by atoms with E-state index in [1.165, 1.54) is 5.41 Å². The van der Waals surface area contributed by atoms with Gasteiger partial charge in [-0.2, -0.15) is 0 Å². The van der Waals surface area contributed by atoms with E-state index in [1.54, 1.807) is 50.3 Å². The molecule has 0 unspecified atom stereocenters. The van der Waals surface area contributed by atoms with Crippen molar-refractivity contribution in [3.63, 3.8) is 0 Å².